The molecule has 26 heavy (non-hydrogen) atoms. The van der Waals surface area contributed by atoms with Gasteiger partial charge in [-0.15, -0.1) is 0 Å². The average molecular weight is 358 g/mol. The second-order valence-corrected chi connectivity index (χ2v) is 9.08. The zero-order valence-corrected chi connectivity index (χ0v) is 16.7. The smallest absolute Gasteiger partial charge is 0.234 e. The molecule has 4 heteroatoms. The SMILES string of the molecule is CC(C)(C)C1CCC(NC(=O)CN2CCN(c3ccccc3)CC2)CC1. The van der Waals surface area contributed by atoms with Crippen LogP contribution in [0.3, 0.4) is 0 Å². The largest absolute Gasteiger partial charge is 0.369 e. The first-order valence-corrected chi connectivity index (χ1v) is 10.2. The van der Waals surface area contributed by atoms with Crippen molar-refractivity contribution in [3.05, 3.63) is 30.3 Å². The summed E-state index contributed by atoms with van der Waals surface area (Å²) >= 11 is 0. The van der Waals surface area contributed by atoms with Crippen LogP contribution in [0.5, 0.6) is 0 Å². The van der Waals surface area contributed by atoms with Crippen LogP contribution >= 0.6 is 0 Å². The normalized spacial score (nSPS) is 25.1. The van der Waals surface area contributed by atoms with Gasteiger partial charge in [-0.2, -0.15) is 0 Å². The monoisotopic (exact) mass is 357 g/mol. The van der Waals surface area contributed by atoms with Crippen LogP contribution in [0.25, 0.3) is 0 Å². The molecule has 144 valence electrons. The van der Waals surface area contributed by atoms with E-state index in [1.165, 1.54) is 18.5 Å². The highest BCUT2D eigenvalue weighted by atomic mass is 16.2. The van der Waals surface area contributed by atoms with Crippen molar-refractivity contribution in [2.24, 2.45) is 11.3 Å². The Labute approximate surface area is 158 Å². The molecule has 1 heterocycles. The second-order valence-electron chi connectivity index (χ2n) is 9.08. The summed E-state index contributed by atoms with van der Waals surface area (Å²) in [6.45, 7) is 11.5. The molecule has 0 spiro atoms. The highest BCUT2D eigenvalue weighted by molar-refractivity contribution is 5.78. The Balaban J connectivity index is 1.37. The van der Waals surface area contributed by atoms with Crippen molar-refractivity contribution < 1.29 is 4.79 Å². The summed E-state index contributed by atoms with van der Waals surface area (Å²) in [6.07, 6.45) is 4.75. The molecule has 0 radical (unpaired) electrons. The van der Waals surface area contributed by atoms with E-state index in [0.29, 0.717) is 18.0 Å². The molecule has 1 aromatic rings. The number of nitrogens with one attached hydrogen (secondary N) is 1. The molecule has 0 unspecified atom stereocenters. The molecule has 1 saturated carbocycles. The third kappa shape index (κ3) is 5.23. The van der Waals surface area contributed by atoms with Gasteiger partial charge >= 0.3 is 0 Å². The highest BCUT2D eigenvalue weighted by Gasteiger charge is 2.30. The first-order chi connectivity index (χ1) is 12.4. The maximum atomic E-state index is 12.4. The van der Waals surface area contributed by atoms with Crippen LogP contribution in [0.1, 0.15) is 46.5 Å². The number of carbonyl (C=O) groups is 1. The van der Waals surface area contributed by atoms with Crippen molar-refractivity contribution in [1.82, 2.24) is 10.2 Å². The number of para-hydroxylation sites is 1. The van der Waals surface area contributed by atoms with E-state index in [-0.39, 0.29) is 5.91 Å². The van der Waals surface area contributed by atoms with Gasteiger partial charge < -0.3 is 10.2 Å². The number of hydrogen-bond acceptors (Lipinski definition) is 3. The van der Waals surface area contributed by atoms with Crippen LogP contribution in [-0.2, 0) is 4.79 Å². The zero-order valence-electron chi connectivity index (χ0n) is 16.7. The summed E-state index contributed by atoms with van der Waals surface area (Å²) in [5.74, 6) is 0.999. The van der Waals surface area contributed by atoms with E-state index in [1.54, 1.807) is 0 Å². The molecule has 0 atom stereocenters. The minimum atomic E-state index is 0.206. The number of piperazine rings is 1. The van der Waals surface area contributed by atoms with Crippen molar-refractivity contribution >= 4 is 11.6 Å². The summed E-state index contributed by atoms with van der Waals surface area (Å²) in [6, 6.07) is 10.9. The van der Waals surface area contributed by atoms with Crippen molar-refractivity contribution in [1.29, 1.82) is 0 Å². The van der Waals surface area contributed by atoms with Crippen LogP contribution < -0.4 is 10.2 Å². The van der Waals surface area contributed by atoms with Gasteiger partial charge in [0.15, 0.2) is 0 Å². The predicted octanol–water partition coefficient (Wildman–Crippen LogP) is 3.53. The third-order valence-electron chi connectivity index (χ3n) is 6.18. The minimum absolute atomic E-state index is 0.206. The lowest BCUT2D eigenvalue weighted by Crippen LogP contribution is -2.51. The molecule has 1 aliphatic heterocycles. The fraction of sp³-hybridized carbons (Fsp3) is 0.682. The summed E-state index contributed by atoms with van der Waals surface area (Å²) in [4.78, 5) is 17.1. The highest BCUT2D eigenvalue weighted by Crippen LogP contribution is 2.37. The fourth-order valence-corrected chi connectivity index (χ4v) is 4.38. The second kappa shape index (κ2) is 8.43. The first-order valence-electron chi connectivity index (χ1n) is 10.2. The maximum absolute atomic E-state index is 12.4. The Hall–Kier alpha value is -1.55. The number of benzene rings is 1. The minimum Gasteiger partial charge on any atom is -0.369 e. The molecule has 4 nitrogen and oxygen atoms in total. The van der Waals surface area contributed by atoms with E-state index >= 15 is 0 Å². The average Bonchev–Trinajstić information content (AvgIpc) is 2.63. The predicted molar refractivity (Wildman–Crippen MR) is 108 cm³/mol. The Morgan fingerprint density at radius 3 is 2.19 bits per heavy atom. The van der Waals surface area contributed by atoms with Crippen LogP contribution in [0.2, 0.25) is 0 Å². The quantitative estimate of drug-likeness (QED) is 0.895. The van der Waals surface area contributed by atoms with Crippen LogP contribution in [-0.4, -0.2) is 49.6 Å². The Kier molecular flexibility index (Phi) is 6.23. The van der Waals surface area contributed by atoms with E-state index in [1.807, 2.05) is 0 Å². The van der Waals surface area contributed by atoms with Gasteiger partial charge in [-0.1, -0.05) is 39.0 Å². The van der Waals surface area contributed by atoms with Gasteiger partial charge in [-0.05, 0) is 49.1 Å². The van der Waals surface area contributed by atoms with Gasteiger partial charge in [-0.25, -0.2) is 0 Å². The Morgan fingerprint density at radius 1 is 1.00 bits per heavy atom. The summed E-state index contributed by atoms with van der Waals surface area (Å²) < 4.78 is 0. The van der Waals surface area contributed by atoms with E-state index in [0.717, 1.165) is 44.9 Å². The maximum Gasteiger partial charge on any atom is 0.234 e. The summed E-state index contributed by atoms with van der Waals surface area (Å²) in [7, 11) is 0. The van der Waals surface area contributed by atoms with Gasteiger partial charge in [0.25, 0.3) is 0 Å². The molecule has 1 aliphatic carbocycles. The van der Waals surface area contributed by atoms with Gasteiger partial charge in [-0.3, -0.25) is 9.69 Å². The van der Waals surface area contributed by atoms with Crippen LogP contribution in [0.4, 0.5) is 5.69 Å². The molecule has 2 fully saturated rings. The molecule has 1 aromatic carbocycles. The lowest BCUT2D eigenvalue weighted by molar-refractivity contribution is -0.123. The van der Waals surface area contributed by atoms with E-state index < -0.39 is 0 Å². The van der Waals surface area contributed by atoms with Crippen molar-refractivity contribution in [3.63, 3.8) is 0 Å². The van der Waals surface area contributed by atoms with Crippen molar-refractivity contribution in [3.8, 4) is 0 Å². The van der Waals surface area contributed by atoms with Gasteiger partial charge in [0, 0.05) is 37.9 Å². The van der Waals surface area contributed by atoms with Gasteiger partial charge in [0.2, 0.25) is 5.91 Å². The standard InChI is InChI=1S/C22H35N3O/c1-22(2,3)18-9-11-19(12-10-18)23-21(26)17-24-13-15-25(16-14-24)20-7-5-4-6-8-20/h4-8,18-19H,9-17H2,1-3H3,(H,23,26). The van der Waals surface area contributed by atoms with Gasteiger partial charge in [0.05, 0.1) is 6.54 Å². The van der Waals surface area contributed by atoms with E-state index in [9.17, 15) is 4.79 Å². The molecule has 2 aliphatic rings. The third-order valence-corrected chi connectivity index (χ3v) is 6.18. The molecular weight excluding hydrogens is 322 g/mol. The summed E-state index contributed by atoms with van der Waals surface area (Å²) in [5.41, 5.74) is 1.68. The first kappa shape index (κ1) is 19.2. The number of nitrogens with zero attached hydrogens (tertiary/aromatic N) is 2. The zero-order chi connectivity index (χ0) is 18.6. The Morgan fingerprint density at radius 2 is 1.62 bits per heavy atom. The Bertz CT molecular complexity index is 565. The van der Waals surface area contributed by atoms with Crippen LogP contribution in [0, 0.1) is 11.3 Å². The molecule has 0 aromatic heterocycles. The lowest BCUT2D eigenvalue weighted by Gasteiger charge is -2.38. The van der Waals surface area contributed by atoms with E-state index in [4.69, 9.17) is 0 Å². The van der Waals surface area contributed by atoms with Crippen LogP contribution in [0.15, 0.2) is 30.3 Å². The number of anilines is 1. The molecular formula is C22H35N3O. The molecule has 1 amide bonds. The fourth-order valence-electron chi connectivity index (χ4n) is 4.38. The number of rotatable bonds is 4. The number of amides is 1. The van der Waals surface area contributed by atoms with E-state index in [2.05, 4.69) is 66.2 Å². The van der Waals surface area contributed by atoms with Crippen molar-refractivity contribution in [2.75, 3.05) is 37.6 Å². The number of hydrogen-bond donors (Lipinski definition) is 1. The topological polar surface area (TPSA) is 35.6 Å². The summed E-state index contributed by atoms with van der Waals surface area (Å²) in [5, 5.41) is 3.29. The van der Waals surface area contributed by atoms with Crippen molar-refractivity contribution in [2.45, 2.75) is 52.5 Å². The van der Waals surface area contributed by atoms with Gasteiger partial charge in [0.1, 0.15) is 0 Å². The molecule has 1 N–H and O–H groups in total. The lowest BCUT2D eigenvalue weighted by atomic mass is 9.71. The molecule has 1 saturated heterocycles. The molecule has 0 bridgehead atoms. The number of carbonyl (C=O) groups excluding carboxylic acids is 1. The molecule has 3 rings (SSSR count).